The molecule has 0 amide bonds. The summed E-state index contributed by atoms with van der Waals surface area (Å²) in [6, 6.07) is -0.238. The molecule has 2 aromatic heterocycles. The van der Waals surface area contributed by atoms with Gasteiger partial charge in [-0.25, -0.2) is 0 Å². The van der Waals surface area contributed by atoms with Gasteiger partial charge in [0, 0.05) is 5.38 Å². The Morgan fingerprint density at radius 2 is 2.56 bits per heavy atom. The number of aromatic nitrogens is 2. The maximum atomic E-state index is 11.1. The molecule has 0 aliphatic carbocycles. The molecule has 0 spiro atoms. The molecule has 2 rings (SSSR count). The van der Waals surface area contributed by atoms with E-state index in [1.807, 2.05) is 6.92 Å². The summed E-state index contributed by atoms with van der Waals surface area (Å²) < 4.78 is 1.45. The predicted octanol–water partition coefficient (Wildman–Crippen LogP) is 2.52. The molecule has 6 nitrogen and oxygen atoms in total. The zero-order chi connectivity index (χ0) is 13.1. The third-order valence-corrected chi connectivity index (χ3v) is 3.26. The van der Waals surface area contributed by atoms with E-state index in [1.54, 1.807) is 11.6 Å². The minimum atomic E-state index is -0.450. The standard InChI is InChI=1S/C11H12N4O2S/c1-3-5-8(4-2)12-9-10(15(16)17)14-6-7-18-11(14)13-9/h2,6-8,12H,3,5H2,1H3. The number of anilines is 1. The largest absolute Gasteiger partial charge is 0.372 e. The van der Waals surface area contributed by atoms with Gasteiger partial charge in [-0.05, 0) is 11.3 Å². The molecule has 0 aliphatic rings. The Balaban J connectivity index is 2.38. The lowest BCUT2D eigenvalue weighted by molar-refractivity contribution is -0.389. The lowest BCUT2D eigenvalue weighted by Crippen LogP contribution is -2.17. The van der Waals surface area contributed by atoms with Crippen LogP contribution in [0.4, 0.5) is 11.6 Å². The van der Waals surface area contributed by atoms with Crippen LogP contribution in [0.1, 0.15) is 19.8 Å². The minimum absolute atomic E-state index is 0.0670. The van der Waals surface area contributed by atoms with E-state index in [0.717, 1.165) is 12.8 Å². The van der Waals surface area contributed by atoms with Gasteiger partial charge in [-0.2, -0.15) is 9.38 Å². The number of nitrogens with one attached hydrogen (secondary N) is 1. The molecule has 0 radical (unpaired) electrons. The van der Waals surface area contributed by atoms with Crippen molar-refractivity contribution in [3.8, 4) is 12.3 Å². The van der Waals surface area contributed by atoms with Gasteiger partial charge >= 0.3 is 5.82 Å². The van der Waals surface area contributed by atoms with E-state index in [4.69, 9.17) is 6.42 Å². The van der Waals surface area contributed by atoms with Crippen molar-refractivity contribution in [2.75, 3.05) is 5.32 Å². The summed E-state index contributed by atoms with van der Waals surface area (Å²) in [5.41, 5.74) is 0. The summed E-state index contributed by atoms with van der Waals surface area (Å²) in [5.74, 6) is 2.75. The summed E-state index contributed by atoms with van der Waals surface area (Å²) in [4.78, 5) is 15.4. The average molecular weight is 264 g/mol. The van der Waals surface area contributed by atoms with Gasteiger partial charge in [0.2, 0.25) is 5.82 Å². The molecule has 1 N–H and O–H groups in total. The first-order valence-electron chi connectivity index (χ1n) is 5.50. The van der Waals surface area contributed by atoms with Gasteiger partial charge in [-0.3, -0.25) is 0 Å². The van der Waals surface area contributed by atoms with E-state index in [0.29, 0.717) is 4.96 Å². The molecule has 1 unspecified atom stereocenters. The van der Waals surface area contributed by atoms with Gasteiger partial charge in [0.25, 0.3) is 4.96 Å². The highest BCUT2D eigenvalue weighted by Gasteiger charge is 2.24. The highest BCUT2D eigenvalue weighted by molar-refractivity contribution is 7.15. The van der Waals surface area contributed by atoms with Gasteiger partial charge in [0.05, 0.1) is 6.04 Å². The quantitative estimate of drug-likeness (QED) is 0.511. The molecule has 7 heteroatoms. The number of terminal acetylenes is 1. The molecule has 0 aromatic carbocycles. The number of fused-ring (bicyclic) bond motifs is 1. The molecule has 2 aromatic rings. The van der Waals surface area contributed by atoms with E-state index in [1.165, 1.54) is 15.7 Å². The van der Waals surface area contributed by atoms with Crippen molar-refractivity contribution in [3.05, 3.63) is 21.7 Å². The second-order valence-electron chi connectivity index (χ2n) is 3.75. The molecular formula is C11H12N4O2S. The van der Waals surface area contributed by atoms with E-state index in [-0.39, 0.29) is 17.7 Å². The van der Waals surface area contributed by atoms with Crippen LogP contribution < -0.4 is 5.32 Å². The fourth-order valence-electron chi connectivity index (χ4n) is 1.70. The smallest absolute Gasteiger partial charge is 0.358 e. The number of nitrogens with zero attached hydrogens (tertiary/aromatic N) is 3. The highest BCUT2D eigenvalue weighted by Crippen LogP contribution is 2.28. The van der Waals surface area contributed by atoms with Crippen LogP contribution in [0.2, 0.25) is 0 Å². The minimum Gasteiger partial charge on any atom is -0.358 e. The molecule has 1 atom stereocenters. The first-order valence-corrected chi connectivity index (χ1v) is 6.38. The first kappa shape index (κ1) is 12.4. The SMILES string of the molecule is C#CC(CCC)Nc1nc2sccn2c1[N+](=O)[O-]. The third-order valence-electron chi connectivity index (χ3n) is 2.50. The fourth-order valence-corrected chi connectivity index (χ4v) is 2.41. The highest BCUT2D eigenvalue weighted by atomic mass is 32.1. The molecule has 0 saturated heterocycles. The van der Waals surface area contributed by atoms with E-state index >= 15 is 0 Å². The van der Waals surface area contributed by atoms with Crippen LogP contribution in [0.25, 0.3) is 4.96 Å². The van der Waals surface area contributed by atoms with Crippen molar-refractivity contribution < 1.29 is 4.92 Å². The van der Waals surface area contributed by atoms with E-state index in [9.17, 15) is 10.1 Å². The van der Waals surface area contributed by atoms with Crippen molar-refractivity contribution >= 4 is 27.9 Å². The lowest BCUT2D eigenvalue weighted by atomic mass is 10.2. The van der Waals surface area contributed by atoms with Crippen LogP contribution in [-0.4, -0.2) is 20.3 Å². The van der Waals surface area contributed by atoms with Crippen molar-refractivity contribution in [2.45, 2.75) is 25.8 Å². The molecule has 0 aliphatic heterocycles. The number of imidazole rings is 1. The molecule has 94 valence electrons. The third kappa shape index (κ3) is 2.15. The van der Waals surface area contributed by atoms with Gasteiger partial charge in [-0.15, -0.1) is 6.42 Å². The van der Waals surface area contributed by atoms with Crippen LogP contribution in [0, 0.1) is 22.5 Å². The zero-order valence-corrected chi connectivity index (χ0v) is 10.6. The first-order chi connectivity index (χ1) is 8.67. The van der Waals surface area contributed by atoms with E-state index in [2.05, 4.69) is 16.2 Å². The van der Waals surface area contributed by atoms with Gasteiger partial charge < -0.3 is 15.4 Å². The normalized spacial score (nSPS) is 12.2. The van der Waals surface area contributed by atoms with Crippen LogP contribution >= 0.6 is 11.3 Å². The molecule has 0 bridgehead atoms. The monoisotopic (exact) mass is 264 g/mol. The predicted molar refractivity (Wildman–Crippen MR) is 70.9 cm³/mol. The number of thiazole rings is 1. The van der Waals surface area contributed by atoms with Crippen LogP contribution in [0.3, 0.4) is 0 Å². The number of hydrogen-bond donors (Lipinski definition) is 1. The van der Waals surface area contributed by atoms with E-state index < -0.39 is 4.92 Å². The molecule has 18 heavy (non-hydrogen) atoms. The van der Waals surface area contributed by atoms with Crippen LogP contribution in [0.15, 0.2) is 11.6 Å². The Labute approximate surface area is 108 Å². The molecule has 0 saturated carbocycles. The topological polar surface area (TPSA) is 72.5 Å². The zero-order valence-electron chi connectivity index (χ0n) is 9.79. The second kappa shape index (κ2) is 5.06. The Hall–Kier alpha value is -2.07. The maximum absolute atomic E-state index is 11.1. The van der Waals surface area contributed by atoms with Gasteiger partial charge in [-0.1, -0.05) is 30.6 Å². The lowest BCUT2D eigenvalue weighted by Gasteiger charge is -2.10. The Kier molecular flexibility index (Phi) is 3.48. The molecular weight excluding hydrogens is 252 g/mol. The van der Waals surface area contributed by atoms with Crippen molar-refractivity contribution in [1.29, 1.82) is 0 Å². The van der Waals surface area contributed by atoms with Crippen molar-refractivity contribution in [2.24, 2.45) is 0 Å². The Morgan fingerprint density at radius 3 is 3.17 bits per heavy atom. The summed E-state index contributed by atoms with van der Waals surface area (Å²) >= 11 is 1.34. The van der Waals surface area contributed by atoms with Crippen molar-refractivity contribution in [1.82, 2.24) is 9.38 Å². The second-order valence-corrected chi connectivity index (χ2v) is 4.62. The Morgan fingerprint density at radius 1 is 1.78 bits per heavy atom. The van der Waals surface area contributed by atoms with Gasteiger partial charge in [0.15, 0.2) is 0 Å². The summed E-state index contributed by atoms with van der Waals surface area (Å²) in [5, 5.41) is 15.8. The molecule has 0 fully saturated rings. The number of nitro groups is 1. The average Bonchev–Trinajstić information content (AvgIpc) is 2.87. The van der Waals surface area contributed by atoms with Crippen molar-refractivity contribution in [3.63, 3.8) is 0 Å². The van der Waals surface area contributed by atoms with Gasteiger partial charge in [0.1, 0.15) is 6.20 Å². The number of hydrogen-bond acceptors (Lipinski definition) is 5. The Bertz CT molecular complexity index is 610. The molecule has 2 heterocycles. The fraction of sp³-hybridized carbons (Fsp3) is 0.364. The van der Waals surface area contributed by atoms with Crippen LogP contribution in [-0.2, 0) is 0 Å². The summed E-state index contributed by atoms with van der Waals surface area (Å²) in [6.45, 7) is 2.01. The summed E-state index contributed by atoms with van der Waals surface area (Å²) in [6.07, 6.45) is 8.66. The van der Waals surface area contributed by atoms with Crippen LogP contribution in [0.5, 0.6) is 0 Å². The maximum Gasteiger partial charge on any atom is 0.372 e. The summed E-state index contributed by atoms with van der Waals surface area (Å²) in [7, 11) is 0. The number of rotatable bonds is 5.